The van der Waals surface area contributed by atoms with E-state index < -0.39 is 46.9 Å². The minimum absolute atomic E-state index is 0.0222. The van der Waals surface area contributed by atoms with Gasteiger partial charge in [0.05, 0.1) is 68.4 Å². The van der Waals surface area contributed by atoms with Crippen LogP contribution in [0.1, 0.15) is 78.8 Å². The summed E-state index contributed by atoms with van der Waals surface area (Å²) < 4.78 is 67.4. The number of nitrogen functional groups attached to an aromatic ring is 1. The van der Waals surface area contributed by atoms with Gasteiger partial charge in [-0.15, -0.1) is 11.3 Å². The van der Waals surface area contributed by atoms with Crippen LogP contribution in [0.15, 0.2) is 53.3 Å². The Hall–Kier alpha value is -7.82. The lowest BCUT2D eigenvalue weighted by atomic mass is 9.85. The van der Waals surface area contributed by atoms with Crippen LogP contribution in [-0.2, 0) is 45.9 Å². The van der Waals surface area contributed by atoms with Crippen molar-refractivity contribution in [1.82, 2.24) is 29.3 Å². The van der Waals surface area contributed by atoms with E-state index in [1.165, 1.54) is 12.1 Å². The van der Waals surface area contributed by atoms with E-state index in [-0.39, 0.29) is 154 Å². The van der Waals surface area contributed by atoms with Crippen LogP contribution in [0.5, 0.6) is 11.8 Å². The molecule has 3 aromatic carbocycles. The van der Waals surface area contributed by atoms with Gasteiger partial charge in [-0.25, -0.2) is 22.9 Å². The van der Waals surface area contributed by atoms with Crippen molar-refractivity contribution < 1.29 is 42.1 Å². The fraction of sp³-hybridized carbons (Fsp3) is 0.379. The van der Waals surface area contributed by atoms with Crippen LogP contribution in [0.25, 0.3) is 54.4 Å². The van der Waals surface area contributed by atoms with Gasteiger partial charge in [-0.05, 0) is 86.5 Å². The number of hydrogen-bond acceptors (Lipinski definition) is 16. The number of aliphatic hydroxyl groups is 1. The third-order valence-electron chi connectivity index (χ3n) is 17.2. The molecule has 0 bridgehead atoms. The van der Waals surface area contributed by atoms with Crippen molar-refractivity contribution in [2.24, 2.45) is 0 Å². The fourth-order valence-electron chi connectivity index (χ4n) is 13.3. The number of carbonyl (C=O) groups excluding carboxylic acids is 2. The molecule has 9 heterocycles. The van der Waals surface area contributed by atoms with Crippen molar-refractivity contribution in [2.45, 2.75) is 94.8 Å². The highest BCUT2D eigenvalue weighted by molar-refractivity contribution is 7.23. The second-order valence-electron chi connectivity index (χ2n) is 21.6. The van der Waals surface area contributed by atoms with Crippen molar-refractivity contribution in [3.05, 3.63) is 109 Å². The lowest BCUT2D eigenvalue weighted by Gasteiger charge is -2.41. The molecule has 5 aliphatic heterocycles. The lowest BCUT2D eigenvalue weighted by Crippen LogP contribution is -2.56. The number of hydrogen-bond donors (Lipinski definition) is 2. The van der Waals surface area contributed by atoms with Crippen molar-refractivity contribution in [1.29, 1.82) is 10.5 Å². The molecule has 408 valence electrons. The highest BCUT2D eigenvalue weighted by atomic mass is 35.5. The summed E-state index contributed by atoms with van der Waals surface area (Å²) in [6.45, 7) is 7.01. The number of carbonyl (C=O) groups is 2. The molecular formula is C58H50ClF3N10O7S. The lowest BCUT2D eigenvalue weighted by molar-refractivity contribution is -0.172. The molecule has 3 fully saturated rings. The molecule has 0 unspecified atom stereocenters. The van der Waals surface area contributed by atoms with Gasteiger partial charge in [-0.2, -0.15) is 20.5 Å². The number of nitrogens with zero attached hydrogens (tertiary/aromatic N) is 9. The number of halogens is 4. The maximum absolute atomic E-state index is 17.6. The van der Waals surface area contributed by atoms with E-state index in [1.807, 2.05) is 17.0 Å². The molecule has 6 aliphatic rings. The summed E-state index contributed by atoms with van der Waals surface area (Å²) in [5.41, 5.74) is 8.30. The number of amides is 1. The van der Waals surface area contributed by atoms with Crippen molar-refractivity contribution in [2.75, 3.05) is 56.6 Å². The SMILES string of the molecule is C=C(COc1ccc2nc3c(c4c2c1CCC4)Cn1c-3cc2c(c1=O)COC(=O)[C@]2(O)CC)C(=O)N1CCN(c2nc(OC[C@@]34CCCN3C[C@H](F)C4)nc3c(F)c(-c4ccc(F)c5sc(N)c(C#N)c45)c(Cl)cc23)C[C@@H]1CC#N. The fourth-order valence-corrected chi connectivity index (χ4v) is 14.6. The van der Waals surface area contributed by atoms with Crippen LogP contribution >= 0.6 is 22.9 Å². The summed E-state index contributed by atoms with van der Waals surface area (Å²) in [7, 11) is 0. The zero-order valence-electron chi connectivity index (χ0n) is 43.3. The molecule has 1 amide bonds. The van der Waals surface area contributed by atoms with Crippen molar-refractivity contribution in [3.8, 4) is 46.4 Å². The first kappa shape index (κ1) is 51.6. The van der Waals surface area contributed by atoms with E-state index in [1.54, 1.807) is 28.5 Å². The maximum atomic E-state index is 17.6. The molecule has 1 aliphatic carbocycles. The number of anilines is 2. The average Bonchev–Trinajstić information content (AvgIpc) is 4.34. The van der Waals surface area contributed by atoms with Crippen LogP contribution < -0.4 is 25.7 Å². The highest BCUT2D eigenvalue weighted by Crippen LogP contribution is 2.48. The number of fused-ring (bicyclic) bond motifs is 8. The van der Waals surface area contributed by atoms with Gasteiger partial charge in [0.1, 0.15) is 60.0 Å². The molecule has 3 N–H and O–H groups in total. The second-order valence-corrected chi connectivity index (χ2v) is 23.0. The van der Waals surface area contributed by atoms with Gasteiger partial charge in [-0.3, -0.25) is 14.5 Å². The number of piperazine rings is 1. The summed E-state index contributed by atoms with van der Waals surface area (Å²) in [4.78, 5) is 61.2. The zero-order valence-corrected chi connectivity index (χ0v) is 44.8. The number of nitrogens with two attached hydrogens (primary N) is 1. The first-order valence-corrected chi connectivity index (χ1v) is 27.8. The predicted molar refractivity (Wildman–Crippen MR) is 292 cm³/mol. The van der Waals surface area contributed by atoms with Gasteiger partial charge in [0, 0.05) is 76.6 Å². The Bertz CT molecular complexity index is 4070. The van der Waals surface area contributed by atoms with E-state index in [4.69, 9.17) is 41.5 Å². The quantitative estimate of drug-likeness (QED) is 0.0918. The predicted octanol–water partition coefficient (Wildman–Crippen LogP) is 8.30. The number of pyridine rings is 2. The van der Waals surface area contributed by atoms with E-state index in [9.17, 15) is 34.4 Å². The Labute approximate surface area is 464 Å². The third kappa shape index (κ3) is 7.82. The second kappa shape index (κ2) is 19.2. The van der Waals surface area contributed by atoms with E-state index in [0.717, 1.165) is 58.7 Å². The Kier molecular flexibility index (Phi) is 12.4. The molecule has 3 saturated heterocycles. The summed E-state index contributed by atoms with van der Waals surface area (Å²) in [5, 5.41) is 32.8. The number of thiophene rings is 1. The third-order valence-corrected chi connectivity index (χ3v) is 18.6. The number of rotatable bonds is 11. The Morgan fingerprint density at radius 2 is 1.85 bits per heavy atom. The number of benzene rings is 3. The van der Waals surface area contributed by atoms with Gasteiger partial charge < -0.3 is 39.4 Å². The van der Waals surface area contributed by atoms with Crippen LogP contribution in [0.3, 0.4) is 0 Å². The van der Waals surface area contributed by atoms with Gasteiger partial charge >= 0.3 is 12.0 Å². The van der Waals surface area contributed by atoms with Crippen molar-refractivity contribution in [3.63, 3.8) is 0 Å². The number of nitriles is 2. The van der Waals surface area contributed by atoms with E-state index in [0.29, 0.717) is 42.0 Å². The van der Waals surface area contributed by atoms with E-state index >= 15 is 8.78 Å². The largest absolute Gasteiger partial charge is 0.488 e. The molecule has 0 saturated carbocycles. The number of alkyl halides is 1. The molecule has 17 nitrogen and oxygen atoms in total. The average molecular weight is 1120 g/mol. The molecule has 4 aromatic heterocycles. The van der Waals surface area contributed by atoms with Gasteiger partial charge in [0.15, 0.2) is 11.4 Å². The zero-order chi connectivity index (χ0) is 55.7. The van der Waals surface area contributed by atoms with Crippen LogP contribution in [0.2, 0.25) is 5.02 Å². The molecule has 22 heteroatoms. The minimum Gasteiger partial charge on any atom is -0.488 e. The molecule has 4 atom stereocenters. The number of aryl methyl sites for hydroxylation is 2. The molecule has 80 heavy (non-hydrogen) atoms. The summed E-state index contributed by atoms with van der Waals surface area (Å²) in [6, 6.07) is 12.7. The maximum Gasteiger partial charge on any atom is 0.343 e. The molecule has 0 radical (unpaired) electrons. The molecular weight excluding hydrogens is 1070 g/mol. The normalized spacial score (nSPS) is 22.0. The standard InChI is InChI=1S/C58H50ClF3N10O7S/c1-3-58(76)38-19-42-48-36(24-72(42)54(74)37(38)26-78-55(58)75)31-6-4-7-32-43(11-10-41(66-48)44(31)32)77-25-28(2)53(73)71-17-16-69(23-30(71)12-14-63)52-34-18-39(59)46(33-8-9-40(61)50-45(33)35(21-64)51(65)80-50)47(62)49(34)67-56(68-52)79-27-57-13-5-15-70(57)22-29(60)20-57/h8-11,18-19,29-30,76H,2-7,12-13,15-17,20,22-27,65H2,1H3/t29-,30+,57+,58+/m1/s1. The van der Waals surface area contributed by atoms with Gasteiger partial charge in [0.25, 0.3) is 11.5 Å². The number of aromatic nitrogens is 4. The summed E-state index contributed by atoms with van der Waals surface area (Å²) in [5.74, 6) is -2.00. The van der Waals surface area contributed by atoms with Crippen LogP contribution in [0, 0.1) is 34.3 Å². The van der Waals surface area contributed by atoms with Gasteiger partial charge in [0.2, 0.25) is 0 Å². The molecule has 13 rings (SSSR count). The molecule has 7 aromatic rings. The first-order valence-electron chi connectivity index (χ1n) is 26.6. The Morgan fingerprint density at radius 3 is 2.65 bits per heavy atom. The number of ether oxygens (including phenoxy) is 3. The van der Waals surface area contributed by atoms with Crippen molar-refractivity contribution >= 4 is 77.5 Å². The highest BCUT2D eigenvalue weighted by Gasteiger charge is 2.50. The first-order chi connectivity index (χ1) is 38.6. The topological polar surface area (TPSA) is 226 Å². The Balaban J connectivity index is 0.786. The van der Waals surface area contributed by atoms with Crippen LogP contribution in [-0.4, -0.2) is 110 Å². The summed E-state index contributed by atoms with van der Waals surface area (Å²) >= 11 is 7.87. The van der Waals surface area contributed by atoms with Gasteiger partial charge in [-0.1, -0.05) is 31.2 Å². The molecule has 0 spiro atoms. The van der Waals surface area contributed by atoms with Crippen LogP contribution in [0.4, 0.5) is 24.0 Å². The minimum atomic E-state index is -1.95. The smallest absolute Gasteiger partial charge is 0.343 e. The Morgan fingerprint density at radius 1 is 1.02 bits per heavy atom. The summed E-state index contributed by atoms with van der Waals surface area (Å²) in [6.07, 6.45) is 2.87. The number of esters is 1. The van der Waals surface area contributed by atoms with E-state index in [2.05, 4.69) is 22.5 Å². The number of cyclic esters (lactones) is 1. The monoisotopic (exact) mass is 1120 g/mol.